The number of anilines is 1. The molecule has 0 aliphatic rings. The Hall–Kier alpha value is -1.83. The van der Waals surface area contributed by atoms with Crippen LogP contribution in [0, 0.1) is 0 Å². The lowest BCUT2D eigenvalue weighted by atomic mass is 10.00. The first-order valence-electron chi connectivity index (χ1n) is 5.57. The number of benzene rings is 2. The lowest BCUT2D eigenvalue weighted by molar-refractivity contribution is -0.105. The summed E-state index contributed by atoms with van der Waals surface area (Å²) in [6, 6.07) is 12.2. The summed E-state index contributed by atoms with van der Waals surface area (Å²) >= 11 is 0. The molecule has 82 valence electrons. The number of carbonyl (C=O) groups excluding carboxylic acids is 1. The summed E-state index contributed by atoms with van der Waals surface area (Å²) in [5.41, 5.74) is 2.22. The molecular weight excluding hydrogens is 198 g/mol. The zero-order valence-corrected chi connectivity index (χ0v) is 9.36. The van der Waals surface area contributed by atoms with E-state index in [1.807, 2.05) is 24.3 Å². The molecule has 0 saturated heterocycles. The van der Waals surface area contributed by atoms with Crippen molar-refractivity contribution in [3.63, 3.8) is 0 Å². The van der Waals surface area contributed by atoms with Crippen LogP contribution in [0.5, 0.6) is 0 Å². The van der Waals surface area contributed by atoms with Crippen molar-refractivity contribution in [2.24, 2.45) is 0 Å². The predicted molar refractivity (Wildman–Crippen MR) is 67.6 cm³/mol. The maximum atomic E-state index is 10.5. The summed E-state index contributed by atoms with van der Waals surface area (Å²) in [5.74, 6) is 0. The molecule has 1 N–H and O–H groups in total. The molecule has 1 amide bonds. The largest absolute Gasteiger partial charge is 0.328 e. The van der Waals surface area contributed by atoms with Crippen molar-refractivity contribution in [2.75, 3.05) is 5.32 Å². The SMILES string of the molecule is CCCc1ccc(NC=O)c2ccccc12. The van der Waals surface area contributed by atoms with Crippen LogP contribution in [0.3, 0.4) is 0 Å². The molecule has 0 heterocycles. The minimum atomic E-state index is 0.723. The minimum absolute atomic E-state index is 0.723. The average Bonchev–Trinajstić information content (AvgIpc) is 2.33. The molecule has 0 aliphatic carbocycles. The van der Waals surface area contributed by atoms with E-state index in [1.165, 1.54) is 10.9 Å². The molecule has 0 radical (unpaired) electrons. The number of amides is 1. The van der Waals surface area contributed by atoms with Crippen LogP contribution < -0.4 is 5.32 Å². The molecule has 0 unspecified atom stereocenters. The van der Waals surface area contributed by atoms with Gasteiger partial charge in [-0.3, -0.25) is 4.79 Å². The number of rotatable bonds is 4. The van der Waals surface area contributed by atoms with Gasteiger partial charge in [0.1, 0.15) is 0 Å². The van der Waals surface area contributed by atoms with E-state index in [9.17, 15) is 4.79 Å². The molecule has 2 nitrogen and oxygen atoms in total. The number of fused-ring (bicyclic) bond motifs is 1. The van der Waals surface area contributed by atoms with Gasteiger partial charge in [-0.15, -0.1) is 0 Å². The first kappa shape index (κ1) is 10.7. The van der Waals surface area contributed by atoms with Gasteiger partial charge in [-0.1, -0.05) is 43.7 Å². The molecule has 2 aromatic rings. The fourth-order valence-corrected chi connectivity index (χ4v) is 2.04. The molecule has 0 atom stereocenters. The standard InChI is InChI=1S/C14H15NO/c1-2-5-11-8-9-14(15-10-16)13-7-4-3-6-12(11)13/h3-4,6-10H,2,5H2,1H3,(H,15,16). The van der Waals surface area contributed by atoms with Gasteiger partial charge < -0.3 is 5.32 Å². The predicted octanol–water partition coefficient (Wildman–Crippen LogP) is 3.36. The quantitative estimate of drug-likeness (QED) is 0.775. The molecule has 2 aromatic carbocycles. The van der Waals surface area contributed by atoms with E-state index in [-0.39, 0.29) is 0 Å². The Bertz CT molecular complexity index is 505. The number of hydrogen-bond acceptors (Lipinski definition) is 1. The van der Waals surface area contributed by atoms with Crippen molar-refractivity contribution in [1.82, 2.24) is 0 Å². The number of aryl methyl sites for hydroxylation is 1. The Balaban J connectivity index is 2.61. The van der Waals surface area contributed by atoms with Crippen LogP contribution >= 0.6 is 0 Å². The summed E-state index contributed by atoms with van der Waals surface area (Å²) in [7, 11) is 0. The highest BCUT2D eigenvalue weighted by Gasteiger charge is 2.04. The molecule has 2 rings (SSSR count). The van der Waals surface area contributed by atoms with E-state index in [2.05, 4.69) is 24.4 Å². The van der Waals surface area contributed by atoms with Crippen LogP contribution in [-0.4, -0.2) is 6.41 Å². The van der Waals surface area contributed by atoms with Crippen molar-refractivity contribution < 1.29 is 4.79 Å². The van der Waals surface area contributed by atoms with Crippen LogP contribution in [0.1, 0.15) is 18.9 Å². The molecule has 2 heteroatoms. The van der Waals surface area contributed by atoms with Crippen LogP contribution in [0.4, 0.5) is 5.69 Å². The van der Waals surface area contributed by atoms with Gasteiger partial charge in [0, 0.05) is 11.1 Å². The molecule has 0 aromatic heterocycles. The van der Waals surface area contributed by atoms with Crippen molar-refractivity contribution in [3.8, 4) is 0 Å². The Morgan fingerprint density at radius 3 is 2.56 bits per heavy atom. The molecule has 0 saturated carbocycles. The van der Waals surface area contributed by atoms with Crippen molar-refractivity contribution >= 4 is 22.9 Å². The first-order chi connectivity index (χ1) is 7.86. The molecular formula is C14H15NO. The molecule has 0 spiro atoms. The maximum absolute atomic E-state index is 10.5. The average molecular weight is 213 g/mol. The second-order valence-corrected chi connectivity index (χ2v) is 3.83. The van der Waals surface area contributed by atoms with Crippen molar-refractivity contribution in [1.29, 1.82) is 0 Å². The summed E-state index contributed by atoms with van der Waals surface area (Å²) in [5, 5.41) is 5.08. The van der Waals surface area contributed by atoms with Crippen molar-refractivity contribution in [3.05, 3.63) is 42.0 Å². The van der Waals surface area contributed by atoms with Crippen LogP contribution in [-0.2, 0) is 11.2 Å². The Labute approximate surface area is 95.3 Å². The first-order valence-corrected chi connectivity index (χ1v) is 5.57. The van der Waals surface area contributed by atoms with E-state index in [0.717, 1.165) is 30.3 Å². The summed E-state index contributed by atoms with van der Waals surface area (Å²) in [4.78, 5) is 10.5. The van der Waals surface area contributed by atoms with E-state index >= 15 is 0 Å². The lowest BCUT2D eigenvalue weighted by Gasteiger charge is -2.09. The van der Waals surface area contributed by atoms with Crippen LogP contribution in [0.2, 0.25) is 0 Å². The van der Waals surface area contributed by atoms with Gasteiger partial charge in [0.25, 0.3) is 0 Å². The highest BCUT2D eigenvalue weighted by molar-refractivity contribution is 5.99. The van der Waals surface area contributed by atoms with E-state index in [1.54, 1.807) is 0 Å². The van der Waals surface area contributed by atoms with Gasteiger partial charge in [0.05, 0.1) is 0 Å². The molecule has 0 aliphatic heterocycles. The number of nitrogens with one attached hydrogen (secondary N) is 1. The van der Waals surface area contributed by atoms with Gasteiger partial charge in [-0.05, 0) is 23.4 Å². The monoisotopic (exact) mass is 213 g/mol. The second kappa shape index (κ2) is 4.79. The molecule has 16 heavy (non-hydrogen) atoms. The minimum Gasteiger partial charge on any atom is -0.328 e. The lowest BCUT2D eigenvalue weighted by Crippen LogP contribution is -1.96. The third-order valence-electron chi connectivity index (χ3n) is 2.75. The highest BCUT2D eigenvalue weighted by Crippen LogP contribution is 2.27. The fraction of sp³-hybridized carbons (Fsp3) is 0.214. The van der Waals surface area contributed by atoms with Crippen molar-refractivity contribution in [2.45, 2.75) is 19.8 Å². The van der Waals surface area contributed by atoms with E-state index in [4.69, 9.17) is 0 Å². The smallest absolute Gasteiger partial charge is 0.211 e. The van der Waals surface area contributed by atoms with Crippen LogP contribution in [0.25, 0.3) is 10.8 Å². The second-order valence-electron chi connectivity index (χ2n) is 3.83. The normalized spacial score (nSPS) is 10.3. The zero-order chi connectivity index (χ0) is 11.4. The third kappa shape index (κ3) is 1.91. The van der Waals surface area contributed by atoms with Gasteiger partial charge in [0.15, 0.2) is 0 Å². The van der Waals surface area contributed by atoms with E-state index in [0.29, 0.717) is 0 Å². The summed E-state index contributed by atoms with van der Waals surface area (Å²) in [6.45, 7) is 2.17. The van der Waals surface area contributed by atoms with Gasteiger partial charge in [0.2, 0.25) is 6.41 Å². The fourth-order valence-electron chi connectivity index (χ4n) is 2.04. The molecule has 0 fully saturated rings. The number of hydrogen-bond donors (Lipinski definition) is 1. The highest BCUT2D eigenvalue weighted by atomic mass is 16.1. The van der Waals surface area contributed by atoms with Crippen LogP contribution in [0.15, 0.2) is 36.4 Å². The Morgan fingerprint density at radius 2 is 1.88 bits per heavy atom. The zero-order valence-electron chi connectivity index (χ0n) is 9.36. The summed E-state index contributed by atoms with van der Waals surface area (Å²) < 4.78 is 0. The van der Waals surface area contributed by atoms with Gasteiger partial charge in [-0.25, -0.2) is 0 Å². The van der Waals surface area contributed by atoms with Gasteiger partial charge in [-0.2, -0.15) is 0 Å². The Morgan fingerprint density at radius 1 is 1.12 bits per heavy atom. The third-order valence-corrected chi connectivity index (χ3v) is 2.75. The maximum Gasteiger partial charge on any atom is 0.211 e. The Kier molecular flexibility index (Phi) is 3.20. The summed E-state index contributed by atoms with van der Waals surface area (Å²) in [6.07, 6.45) is 2.92. The topological polar surface area (TPSA) is 29.1 Å². The van der Waals surface area contributed by atoms with Gasteiger partial charge >= 0.3 is 0 Å². The number of carbonyl (C=O) groups is 1. The molecule has 0 bridgehead atoms. The van der Waals surface area contributed by atoms with E-state index < -0.39 is 0 Å².